The summed E-state index contributed by atoms with van der Waals surface area (Å²) in [7, 11) is 0. The summed E-state index contributed by atoms with van der Waals surface area (Å²) >= 11 is 0. The predicted octanol–water partition coefficient (Wildman–Crippen LogP) is 3.64. The molecule has 0 saturated carbocycles. The van der Waals surface area contributed by atoms with Crippen LogP contribution >= 0.6 is 24.0 Å². The first-order valence-electron chi connectivity index (χ1n) is 8.64. The number of rotatable bonds is 6. The van der Waals surface area contributed by atoms with Crippen molar-refractivity contribution in [2.45, 2.75) is 46.0 Å². The third-order valence-electron chi connectivity index (χ3n) is 4.40. The van der Waals surface area contributed by atoms with E-state index in [-0.39, 0.29) is 24.0 Å². The molecule has 2 rings (SSSR count). The molecule has 1 aliphatic rings. The molecule has 0 atom stereocenters. The van der Waals surface area contributed by atoms with E-state index < -0.39 is 0 Å². The Balaban J connectivity index is 0.00000264. The number of anilines is 1. The minimum atomic E-state index is 0. The molecule has 5 heteroatoms. The lowest BCUT2D eigenvalue weighted by Gasteiger charge is -2.25. The molecular formula is C18H31IN4. The maximum atomic E-state index is 6.09. The lowest BCUT2D eigenvalue weighted by molar-refractivity contribution is 0.235. The SMILES string of the molecule is CCc1cccc(CC)c1NC(N)=NCCN1CCCCC1.I. The van der Waals surface area contributed by atoms with Crippen LogP contribution in [0.15, 0.2) is 23.2 Å². The van der Waals surface area contributed by atoms with E-state index in [0.29, 0.717) is 5.96 Å². The Labute approximate surface area is 157 Å². The topological polar surface area (TPSA) is 53.6 Å². The van der Waals surface area contributed by atoms with Crippen LogP contribution in [0.2, 0.25) is 0 Å². The molecule has 1 heterocycles. The maximum Gasteiger partial charge on any atom is 0.193 e. The number of hydrogen-bond acceptors (Lipinski definition) is 2. The molecule has 1 fully saturated rings. The van der Waals surface area contributed by atoms with Crippen LogP contribution in [-0.4, -0.2) is 37.0 Å². The Hall–Kier alpha value is -0.820. The van der Waals surface area contributed by atoms with Crippen molar-refractivity contribution in [3.05, 3.63) is 29.3 Å². The summed E-state index contributed by atoms with van der Waals surface area (Å²) in [4.78, 5) is 6.99. The monoisotopic (exact) mass is 430 g/mol. The number of nitrogens with two attached hydrogens (primary N) is 1. The normalized spacial score (nSPS) is 16.0. The molecule has 1 saturated heterocycles. The zero-order chi connectivity index (χ0) is 15.8. The van der Waals surface area contributed by atoms with E-state index >= 15 is 0 Å². The lowest BCUT2D eigenvalue weighted by atomic mass is 10.0. The molecule has 0 unspecified atom stereocenters. The fourth-order valence-electron chi connectivity index (χ4n) is 3.07. The molecular weight excluding hydrogens is 399 g/mol. The quantitative estimate of drug-likeness (QED) is 0.412. The van der Waals surface area contributed by atoms with Gasteiger partial charge in [-0.2, -0.15) is 0 Å². The summed E-state index contributed by atoms with van der Waals surface area (Å²) in [5.74, 6) is 0.535. The van der Waals surface area contributed by atoms with Crippen molar-refractivity contribution >= 4 is 35.6 Å². The highest BCUT2D eigenvalue weighted by Gasteiger charge is 2.09. The highest BCUT2D eigenvalue weighted by molar-refractivity contribution is 14.0. The second-order valence-electron chi connectivity index (χ2n) is 5.95. The van der Waals surface area contributed by atoms with E-state index in [1.54, 1.807) is 0 Å². The number of aliphatic imine (C=N–C) groups is 1. The third kappa shape index (κ3) is 6.30. The molecule has 1 aromatic rings. The lowest BCUT2D eigenvalue weighted by Crippen LogP contribution is -2.33. The van der Waals surface area contributed by atoms with Gasteiger partial charge in [-0.3, -0.25) is 4.99 Å². The van der Waals surface area contributed by atoms with Crippen LogP contribution < -0.4 is 11.1 Å². The van der Waals surface area contributed by atoms with Crippen molar-refractivity contribution in [2.75, 3.05) is 31.5 Å². The number of piperidine rings is 1. The third-order valence-corrected chi connectivity index (χ3v) is 4.40. The summed E-state index contributed by atoms with van der Waals surface area (Å²) in [5.41, 5.74) is 9.83. The fourth-order valence-corrected chi connectivity index (χ4v) is 3.07. The van der Waals surface area contributed by atoms with E-state index in [1.807, 2.05) is 0 Å². The van der Waals surface area contributed by atoms with E-state index in [1.165, 1.54) is 43.5 Å². The minimum Gasteiger partial charge on any atom is -0.370 e. The van der Waals surface area contributed by atoms with E-state index in [9.17, 15) is 0 Å². The second-order valence-corrected chi connectivity index (χ2v) is 5.95. The minimum absolute atomic E-state index is 0. The first-order valence-corrected chi connectivity index (χ1v) is 8.64. The number of halogens is 1. The van der Waals surface area contributed by atoms with Gasteiger partial charge in [0.15, 0.2) is 5.96 Å². The molecule has 0 spiro atoms. The molecule has 1 aromatic carbocycles. The van der Waals surface area contributed by atoms with E-state index in [4.69, 9.17) is 5.73 Å². The van der Waals surface area contributed by atoms with Gasteiger partial charge in [-0.15, -0.1) is 24.0 Å². The van der Waals surface area contributed by atoms with Crippen LogP contribution in [-0.2, 0) is 12.8 Å². The highest BCUT2D eigenvalue weighted by Crippen LogP contribution is 2.22. The van der Waals surface area contributed by atoms with Crippen molar-refractivity contribution in [1.82, 2.24) is 4.90 Å². The molecule has 0 amide bonds. The van der Waals surface area contributed by atoms with Gasteiger partial charge in [-0.25, -0.2) is 0 Å². The molecule has 1 aliphatic heterocycles. The standard InChI is InChI=1S/C18H30N4.HI/c1-3-15-9-8-10-16(4-2)17(15)21-18(19)20-11-14-22-12-6-5-7-13-22;/h8-10H,3-7,11-14H2,1-2H3,(H3,19,20,21);1H. The number of nitrogens with one attached hydrogen (secondary N) is 1. The van der Waals surface area contributed by atoms with Gasteiger partial charge in [-0.05, 0) is 49.9 Å². The Morgan fingerprint density at radius 1 is 1.13 bits per heavy atom. The zero-order valence-electron chi connectivity index (χ0n) is 14.5. The largest absolute Gasteiger partial charge is 0.370 e. The predicted molar refractivity (Wildman–Crippen MR) is 111 cm³/mol. The van der Waals surface area contributed by atoms with Gasteiger partial charge in [-0.1, -0.05) is 38.5 Å². The van der Waals surface area contributed by atoms with Gasteiger partial charge in [0.2, 0.25) is 0 Å². The molecule has 4 nitrogen and oxygen atoms in total. The van der Waals surface area contributed by atoms with Gasteiger partial charge in [0.25, 0.3) is 0 Å². The number of likely N-dealkylation sites (tertiary alicyclic amines) is 1. The van der Waals surface area contributed by atoms with Crippen molar-refractivity contribution in [3.8, 4) is 0 Å². The number of guanidine groups is 1. The van der Waals surface area contributed by atoms with Crippen LogP contribution in [0.3, 0.4) is 0 Å². The van der Waals surface area contributed by atoms with Crippen molar-refractivity contribution < 1.29 is 0 Å². The fraction of sp³-hybridized carbons (Fsp3) is 0.611. The van der Waals surface area contributed by atoms with Crippen LogP contribution in [0.5, 0.6) is 0 Å². The Morgan fingerprint density at radius 3 is 2.30 bits per heavy atom. The molecule has 3 N–H and O–H groups in total. The number of nitrogens with zero attached hydrogens (tertiary/aromatic N) is 2. The first-order chi connectivity index (χ1) is 10.7. The maximum absolute atomic E-state index is 6.09. The molecule has 0 radical (unpaired) electrons. The highest BCUT2D eigenvalue weighted by atomic mass is 127. The van der Waals surface area contributed by atoms with Crippen molar-refractivity contribution in [2.24, 2.45) is 10.7 Å². The Morgan fingerprint density at radius 2 is 1.74 bits per heavy atom. The summed E-state index contributed by atoms with van der Waals surface area (Å²) in [6.45, 7) is 8.54. The average molecular weight is 430 g/mol. The van der Waals surface area contributed by atoms with Crippen LogP contribution in [0.25, 0.3) is 0 Å². The molecule has 0 aromatic heterocycles. The van der Waals surface area contributed by atoms with E-state index in [0.717, 1.165) is 31.6 Å². The van der Waals surface area contributed by atoms with Gasteiger partial charge in [0.05, 0.1) is 6.54 Å². The summed E-state index contributed by atoms with van der Waals surface area (Å²) in [5, 5.41) is 3.33. The van der Waals surface area contributed by atoms with Crippen LogP contribution in [0, 0.1) is 0 Å². The zero-order valence-corrected chi connectivity index (χ0v) is 16.8. The number of para-hydroxylation sites is 1. The van der Waals surface area contributed by atoms with Crippen molar-refractivity contribution in [1.29, 1.82) is 0 Å². The number of aryl methyl sites for hydroxylation is 2. The molecule has 0 aliphatic carbocycles. The number of benzene rings is 1. The van der Waals surface area contributed by atoms with Crippen LogP contribution in [0.1, 0.15) is 44.2 Å². The van der Waals surface area contributed by atoms with Gasteiger partial charge in [0, 0.05) is 12.2 Å². The number of hydrogen-bond donors (Lipinski definition) is 2. The molecule has 130 valence electrons. The van der Waals surface area contributed by atoms with Gasteiger partial charge < -0.3 is 16.0 Å². The Bertz CT molecular complexity index is 474. The first kappa shape index (κ1) is 20.2. The smallest absolute Gasteiger partial charge is 0.193 e. The van der Waals surface area contributed by atoms with Crippen molar-refractivity contribution in [3.63, 3.8) is 0 Å². The van der Waals surface area contributed by atoms with Gasteiger partial charge >= 0.3 is 0 Å². The molecule has 23 heavy (non-hydrogen) atoms. The second kappa shape index (κ2) is 10.9. The van der Waals surface area contributed by atoms with E-state index in [2.05, 4.69) is 47.3 Å². The summed E-state index contributed by atoms with van der Waals surface area (Å²) in [6, 6.07) is 6.43. The van der Waals surface area contributed by atoms with Crippen LogP contribution in [0.4, 0.5) is 5.69 Å². The Kier molecular flexibility index (Phi) is 9.55. The van der Waals surface area contributed by atoms with Gasteiger partial charge in [0.1, 0.15) is 0 Å². The molecule has 0 bridgehead atoms. The summed E-state index contributed by atoms with van der Waals surface area (Å²) in [6.07, 6.45) is 6.01. The average Bonchev–Trinajstić information content (AvgIpc) is 2.56. The summed E-state index contributed by atoms with van der Waals surface area (Å²) < 4.78 is 0.